The van der Waals surface area contributed by atoms with Gasteiger partial charge < -0.3 is 0 Å². The van der Waals surface area contributed by atoms with Crippen molar-refractivity contribution in [3.63, 3.8) is 0 Å². The van der Waals surface area contributed by atoms with Crippen molar-refractivity contribution in [2.75, 3.05) is 0 Å². The summed E-state index contributed by atoms with van der Waals surface area (Å²) < 4.78 is 2.10. The summed E-state index contributed by atoms with van der Waals surface area (Å²) in [5.41, 5.74) is 1.29. The Labute approximate surface area is 73.7 Å². The van der Waals surface area contributed by atoms with Gasteiger partial charge in [-0.2, -0.15) is 0 Å². The molecule has 0 aromatic heterocycles. The zero-order valence-electron chi connectivity index (χ0n) is 6.72. The molecule has 0 fully saturated rings. The van der Waals surface area contributed by atoms with E-state index >= 15 is 0 Å². The van der Waals surface area contributed by atoms with Crippen molar-refractivity contribution < 1.29 is 19.4 Å². The molecule has 0 aliphatic carbocycles. The van der Waals surface area contributed by atoms with Crippen molar-refractivity contribution in [2.24, 2.45) is 10.4 Å². The fourth-order valence-electron chi connectivity index (χ4n) is 0.499. The molecule has 2 heteroatoms. The van der Waals surface area contributed by atoms with Crippen LogP contribution in [-0.4, -0.2) is 10.1 Å². The maximum atomic E-state index is 4.16. The topological polar surface area (TPSA) is 12.4 Å². The van der Waals surface area contributed by atoms with Crippen LogP contribution in [0.15, 0.2) is 17.8 Å². The first-order chi connectivity index (χ1) is 4.52. The van der Waals surface area contributed by atoms with Crippen LogP contribution in [0, 0.1) is 5.41 Å². The molecule has 0 aromatic rings. The Morgan fingerprint density at radius 3 is 2.10 bits per heavy atom. The summed E-state index contributed by atoms with van der Waals surface area (Å²) >= 11 is 1.44. The fraction of sp³-hybridized carbons (Fsp3) is 0.500. The van der Waals surface area contributed by atoms with Crippen LogP contribution in [0.5, 0.6) is 0 Å². The Morgan fingerprint density at radius 2 is 2.00 bits per heavy atom. The van der Waals surface area contributed by atoms with E-state index in [4.69, 9.17) is 0 Å². The molecule has 0 aliphatic rings. The number of hydrogen-bond acceptors (Lipinski definition) is 1. The summed E-state index contributed by atoms with van der Waals surface area (Å²) in [6.45, 7) is 10.0. The molecule has 0 unspecified atom stereocenters. The van der Waals surface area contributed by atoms with Crippen LogP contribution < -0.4 is 0 Å². The minimum absolute atomic E-state index is 0.163. The van der Waals surface area contributed by atoms with Crippen molar-refractivity contribution in [2.45, 2.75) is 20.8 Å². The number of nitrogens with zero attached hydrogens (tertiary/aromatic N) is 1. The molecular weight excluding hydrogens is 294 g/mol. The molecule has 0 atom stereocenters. The molecule has 0 amide bonds. The first kappa shape index (κ1) is 9.97. The van der Waals surface area contributed by atoms with Crippen molar-refractivity contribution >= 4 is 10.1 Å². The van der Waals surface area contributed by atoms with E-state index in [1.165, 1.54) is 19.4 Å². The molecule has 0 saturated carbocycles. The molecule has 0 rings (SSSR count). The summed E-state index contributed by atoms with van der Waals surface area (Å²) in [4.78, 5) is 4.16. The summed E-state index contributed by atoms with van der Waals surface area (Å²) in [6.07, 6.45) is 1.60. The van der Waals surface area contributed by atoms with E-state index in [9.17, 15) is 0 Å². The van der Waals surface area contributed by atoms with E-state index in [0.717, 1.165) is 5.71 Å². The third-order valence-electron chi connectivity index (χ3n) is 1.11. The normalized spacial score (nSPS) is 12.9. The molecule has 0 heterocycles. The van der Waals surface area contributed by atoms with Gasteiger partial charge in [0, 0.05) is 0 Å². The third-order valence-corrected chi connectivity index (χ3v) is 1.91. The second-order valence-corrected chi connectivity index (χ2v) is 3.91. The molecule has 0 aromatic carbocycles. The second-order valence-electron chi connectivity index (χ2n) is 3.06. The quantitative estimate of drug-likeness (QED) is 0.692. The van der Waals surface area contributed by atoms with Crippen molar-refractivity contribution in [3.8, 4) is 0 Å². The van der Waals surface area contributed by atoms with Crippen molar-refractivity contribution in [1.29, 1.82) is 0 Å². The van der Waals surface area contributed by atoms with E-state index in [1.807, 2.05) is 0 Å². The van der Waals surface area contributed by atoms with Gasteiger partial charge in [0.05, 0.1) is 0 Å². The first-order valence-electron chi connectivity index (χ1n) is 3.16. The summed E-state index contributed by atoms with van der Waals surface area (Å²) in [6, 6.07) is 0. The summed E-state index contributed by atoms with van der Waals surface area (Å²) in [5.74, 6) is 0. The Balaban J connectivity index is 4.51. The molecule has 0 N–H and O–H groups in total. The molecular formula is C8H13NW. The van der Waals surface area contributed by atoms with Gasteiger partial charge in [0.15, 0.2) is 0 Å². The van der Waals surface area contributed by atoms with Gasteiger partial charge in [-0.15, -0.1) is 0 Å². The van der Waals surface area contributed by atoms with Gasteiger partial charge in [-0.05, 0) is 0 Å². The number of rotatable bonds is 2. The van der Waals surface area contributed by atoms with Gasteiger partial charge in [0.25, 0.3) is 0 Å². The van der Waals surface area contributed by atoms with Crippen LogP contribution in [0.4, 0.5) is 0 Å². The predicted octanol–water partition coefficient (Wildman–Crippen LogP) is 1.97. The summed E-state index contributed by atoms with van der Waals surface area (Å²) in [5, 5.41) is 0. The van der Waals surface area contributed by atoms with Crippen LogP contribution in [0.2, 0.25) is 0 Å². The molecule has 0 saturated heterocycles. The van der Waals surface area contributed by atoms with E-state index in [0.29, 0.717) is 0 Å². The van der Waals surface area contributed by atoms with E-state index in [1.54, 1.807) is 6.20 Å². The average Bonchev–Trinajstić information content (AvgIpc) is 1.80. The monoisotopic (exact) mass is 307 g/mol. The van der Waals surface area contributed by atoms with Crippen LogP contribution in [0.25, 0.3) is 0 Å². The standard InChI is InChI=1S/C8H13N.W/c1-6-9-7(2)8(3,4)5;/h2,6H,1H2,3-5H3;. The van der Waals surface area contributed by atoms with Gasteiger partial charge in [0.1, 0.15) is 0 Å². The molecule has 0 radical (unpaired) electrons. The Bertz CT molecular complexity index is 163. The zero-order chi connectivity index (χ0) is 8.20. The molecule has 56 valence electrons. The van der Waals surface area contributed by atoms with Crippen LogP contribution in [0.3, 0.4) is 0 Å². The number of hydrogen-bond donors (Lipinski definition) is 0. The van der Waals surface area contributed by atoms with Crippen LogP contribution >= 0.6 is 0 Å². The SMILES string of the molecule is C=CN=C([CH]=[W])C(C)(C)C. The van der Waals surface area contributed by atoms with Crippen molar-refractivity contribution in [3.05, 3.63) is 12.8 Å². The van der Waals surface area contributed by atoms with Gasteiger partial charge in [-0.25, -0.2) is 0 Å². The van der Waals surface area contributed by atoms with Gasteiger partial charge in [-0.3, -0.25) is 0 Å². The van der Waals surface area contributed by atoms with Gasteiger partial charge in [0.2, 0.25) is 0 Å². The molecule has 10 heavy (non-hydrogen) atoms. The van der Waals surface area contributed by atoms with Crippen molar-refractivity contribution in [1.82, 2.24) is 0 Å². The van der Waals surface area contributed by atoms with Crippen LogP contribution in [-0.2, 0) is 19.4 Å². The first-order valence-corrected chi connectivity index (χ1v) is 4.86. The summed E-state index contributed by atoms with van der Waals surface area (Å²) in [7, 11) is 0. The van der Waals surface area contributed by atoms with Crippen LogP contribution in [0.1, 0.15) is 20.8 Å². The van der Waals surface area contributed by atoms with Gasteiger partial charge in [-0.1, -0.05) is 0 Å². The predicted molar refractivity (Wildman–Crippen MR) is 43.2 cm³/mol. The van der Waals surface area contributed by atoms with E-state index < -0.39 is 0 Å². The average molecular weight is 307 g/mol. The number of aliphatic imine (C=N–C) groups is 1. The molecule has 0 aliphatic heterocycles. The van der Waals surface area contributed by atoms with E-state index in [2.05, 4.69) is 36.7 Å². The third kappa shape index (κ3) is 3.22. The molecule has 0 bridgehead atoms. The van der Waals surface area contributed by atoms with E-state index in [-0.39, 0.29) is 5.41 Å². The van der Waals surface area contributed by atoms with Gasteiger partial charge >= 0.3 is 73.4 Å². The molecule has 0 spiro atoms. The minimum atomic E-state index is 0.163. The second kappa shape index (κ2) is 3.98. The molecule has 1 nitrogen and oxygen atoms in total. The Morgan fingerprint density at radius 1 is 1.50 bits per heavy atom. The Kier molecular flexibility index (Phi) is 3.96. The maximum absolute atomic E-state index is 4.16. The Hall–Kier alpha value is -0.0317. The zero-order valence-corrected chi connectivity index (χ0v) is 9.65. The fourth-order valence-corrected chi connectivity index (χ4v) is 1.99.